The molecule has 0 aromatic carbocycles. The van der Waals surface area contributed by atoms with Crippen LogP contribution < -0.4 is 0 Å². The van der Waals surface area contributed by atoms with Crippen LogP contribution in [0.15, 0.2) is 0 Å². The fourth-order valence-corrected chi connectivity index (χ4v) is 1.32. The van der Waals surface area contributed by atoms with Crippen LogP contribution in [0.2, 0.25) is 0 Å². The molecule has 0 radical (unpaired) electrons. The summed E-state index contributed by atoms with van der Waals surface area (Å²) in [5, 5.41) is 0. The highest BCUT2D eigenvalue weighted by molar-refractivity contribution is 6.68. The molecule has 6 heteroatoms. The molecule has 74 valence electrons. The zero-order valence-electron chi connectivity index (χ0n) is 7.01. The van der Waals surface area contributed by atoms with Crippen molar-refractivity contribution < 1.29 is 14.2 Å². The summed E-state index contributed by atoms with van der Waals surface area (Å²) in [5.74, 6) is 0. The van der Waals surface area contributed by atoms with E-state index in [1.54, 1.807) is 0 Å². The summed E-state index contributed by atoms with van der Waals surface area (Å²) in [4.78, 5) is 0. The molecule has 0 saturated carbocycles. The van der Waals surface area contributed by atoms with E-state index in [-0.39, 0.29) is 0 Å². The van der Waals surface area contributed by atoms with Gasteiger partial charge in [0.25, 0.3) is 0 Å². The van der Waals surface area contributed by atoms with Gasteiger partial charge >= 0.3 is 0 Å². The van der Waals surface area contributed by atoms with Crippen molar-refractivity contribution >= 4 is 34.8 Å². The predicted octanol–water partition coefficient (Wildman–Crippen LogP) is 1.99. The molecule has 0 aromatic rings. The van der Waals surface area contributed by atoms with Crippen molar-refractivity contribution in [3.05, 3.63) is 0 Å². The Balaban J connectivity index is 4.31. The molecule has 0 heterocycles. The highest BCUT2D eigenvalue weighted by Gasteiger charge is 2.39. The van der Waals surface area contributed by atoms with Crippen molar-refractivity contribution in [1.29, 1.82) is 0 Å². The standard InChI is InChI=1S/C6H11Cl3O3/c1-10-4(6(7,8)9)5(11-2)12-3/h4-5H,1-3H3. The summed E-state index contributed by atoms with van der Waals surface area (Å²) >= 11 is 16.8. The molecule has 0 aromatic heterocycles. The average Bonchev–Trinajstić information content (AvgIpc) is 1.97. The van der Waals surface area contributed by atoms with Crippen molar-refractivity contribution in [3.63, 3.8) is 0 Å². The van der Waals surface area contributed by atoms with E-state index in [1.165, 1.54) is 21.3 Å². The summed E-state index contributed by atoms with van der Waals surface area (Å²) < 4.78 is 13.1. The van der Waals surface area contributed by atoms with Crippen LogP contribution in [-0.4, -0.2) is 37.5 Å². The summed E-state index contributed by atoms with van der Waals surface area (Å²) in [5.41, 5.74) is 0. The Bertz CT molecular complexity index is 122. The Labute approximate surface area is 86.8 Å². The molecule has 0 saturated heterocycles. The SMILES string of the molecule is COC(OC)C(OC)C(Cl)(Cl)Cl. The number of ether oxygens (including phenoxy) is 3. The smallest absolute Gasteiger partial charge is 0.221 e. The number of hydrogen-bond acceptors (Lipinski definition) is 3. The average molecular weight is 238 g/mol. The van der Waals surface area contributed by atoms with Gasteiger partial charge in [-0.1, -0.05) is 34.8 Å². The van der Waals surface area contributed by atoms with Crippen LogP contribution >= 0.6 is 34.8 Å². The Morgan fingerprint density at radius 2 is 1.33 bits per heavy atom. The highest BCUT2D eigenvalue weighted by atomic mass is 35.6. The Hall–Kier alpha value is 0.750. The predicted molar refractivity (Wildman–Crippen MR) is 48.9 cm³/mol. The minimum absolute atomic E-state index is 0.692. The molecule has 0 amide bonds. The second-order valence-electron chi connectivity index (χ2n) is 2.04. The van der Waals surface area contributed by atoms with E-state index in [0.717, 1.165) is 0 Å². The minimum Gasteiger partial charge on any atom is -0.372 e. The van der Waals surface area contributed by atoms with Crippen LogP contribution in [0.4, 0.5) is 0 Å². The van der Waals surface area contributed by atoms with Crippen LogP contribution in [0.1, 0.15) is 0 Å². The largest absolute Gasteiger partial charge is 0.372 e. The van der Waals surface area contributed by atoms with Crippen LogP contribution in [0, 0.1) is 0 Å². The first-order valence-electron chi connectivity index (χ1n) is 3.12. The first-order chi connectivity index (χ1) is 5.47. The molecule has 0 aliphatic carbocycles. The first kappa shape index (κ1) is 12.8. The molecule has 1 atom stereocenters. The third-order valence-corrected chi connectivity index (χ3v) is 1.93. The fourth-order valence-electron chi connectivity index (χ4n) is 0.742. The normalized spacial score (nSPS) is 15.2. The lowest BCUT2D eigenvalue weighted by molar-refractivity contribution is -0.171. The van der Waals surface area contributed by atoms with Gasteiger partial charge < -0.3 is 14.2 Å². The van der Waals surface area contributed by atoms with Gasteiger partial charge in [0, 0.05) is 21.3 Å². The van der Waals surface area contributed by atoms with Crippen molar-refractivity contribution in [3.8, 4) is 0 Å². The number of methoxy groups -OCH3 is 3. The van der Waals surface area contributed by atoms with Gasteiger partial charge in [0.05, 0.1) is 0 Å². The third kappa shape index (κ3) is 3.64. The van der Waals surface area contributed by atoms with Gasteiger partial charge in [-0.2, -0.15) is 0 Å². The second-order valence-corrected chi connectivity index (χ2v) is 4.41. The van der Waals surface area contributed by atoms with Gasteiger partial charge in [0.15, 0.2) is 12.4 Å². The molecular weight excluding hydrogens is 226 g/mol. The van der Waals surface area contributed by atoms with Gasteiger partial charge in [-0.25, -0.2) is 0 Å². The number of alkyl halides is 3. The third-order valence-electron chi connectivity index (χ3n) is 1.29. The molecule has 0 N–H and O–H groups in total. The van der Waals surface area contributed by atoms with E-state index in [2.05, 4.69) is 0 Å². The van der Waals surface area contributed by atoms with Gasteiger partial charge in [0.2, 0.25) is 3.79 Å². The van der Waals surface area contributed by atoms with Crippen LogP contribution in [0.3, 0.4) is 0 Å². The summed E-state index contributed by atoms with van der Waals surface area (Å²) in [6, 6.07) is 0. The Morgan fingerprint density at radius 1 is 0.917 bits per heavy atom. The zero-order valence-corrected chi connectivity index (χ0v) is 9.28. The van der Waals surface area contributed by atoms with Crippen molar-refractivity contribution in [2.24, 2.45) is 0 Å². The highest BCUT2D eigenvalue weighted by Crippen LogP contribution is 2.34. The lowest BCUT2D eigenvalue weighted by Crippen LogP contribution is -2.41. The van der Waals surface area contributed by atoms with Gasteiger partial charge in [0.1, 0.15) is 0 Å². The monoisotopic (exact) mass is 236 g/mol. The summed E-state index contributed by atoms with van der Waals surface area (Å²) in [6.45, 7) is 0. The maximum Gasteiger partial charge on any atom is 0.221 e. The summed E-state index contributed by atoms with van der Waals surface area (Å²) in [6.07, 6.45) is -1.44. The molecule has 3 nitrogen and oxygen atoms in total. The molecule has 0 bridgehead atoms. The van der Waals surface area contributed by atoms with Crippen LogP contribution in [0.5, 0.6) is 0 Å². The fraction of sp³-hybridized carbons (Fsp3) is 1.00. The van der Waals surface area contributed by atoms with Gasteiger partial charge in [-0.05, 0) is 0 Å². The molecule has 12 heavy (non-hydrogen) atoms. The Morgan fingerprint density at radius 3 is 1.42 bits per heavy atom. The molecular formula is C6H11Cl3O3. The lowest BCUT2D eigenvalue weighted by Gasteiger charge is -2.28. The summed E-state index contributed by atoms with van der Waals surface area (Å²) in [7, 11) is 4.30. The van der Waals surface area contributed by atoms with Crippen molar-refractivity contribution in [2.75, 3.05) is 21.3 Å². The quantitative estimate of drug-likeness (QED) is 0.553. The number of halogens is 3. The molecule has 0 fully saturated rings. The van der Waals surface area contributed by atoms with E-state index >= 15 is 0 Å². The second kappa shape index (κ2) is 5.47. The van der Waals surface area contributed by atoms with E-state index in [0.29, 0.717) is 0 Å². The number of rotatable bonds is 4. The van der Waals surface area contributed by atoms with Crippen molar-refractivity contribution in [2.45, 2.75) is 16.2 Å². The molecule has 0 spiro atoms. The van der Waals surface area contributed by atoms with Gasteiger partial charge in [-0.15, -0.1) is 0 Å². The van der Waals surface area contributed by atoms with Crippen molar-refractivity contribution in [1.82, 2.24) is 0 Å². The maximum atomic E-state index is 5.60. The number of hydrogen-bond donors (Lipinski definition) is 0. The van der Waals surface area contributed by atoms with E-state index in [1.807, 2.05) is 0 Å². The Kier molecular flexibility index (Phi) is 5.82. The minimum atomic E-state index is -1.56. The topological polar surface area (TPSA) is 27.7 Å². The van der Waals surface area contributed by atoms with Crippen LogP contribution in [0.25, 0.3) is 0 Å². The van der Waals surface area contributed by atoms with E-state index in [9.17, 15) is 0 Å². The zero-order chi connectivity index (χ0) is 9.78. The maximum absolute atomic E-state index is 5.60. The lowest BCUT2D eigenvalue weighted by atomic mass is 10.4. The molecule has 1 unspecified atom stereocenters. The first-order valence-corrected chi connectivity index (χ1v) is 4.25. The van der Waals surface area contributed by atoms with E-state index < -0.39 is 16.2 Å². The molecule has 0 aliphatic rings. The van der Waals surface area contributed by atoms with E-state index in [4.69, 9.17) is 49.0 Å². The van der Waals surface area contributed by atoms with Gasteiger partial charge in [-0.3, -0.25) is 0 Å². The molecule has 0 rings (SSSR count). The van der Waals surface area contributed by atoms with Crippen LogP contribution in [-0.2, 0) is 14.2 Å². The molecule has 0 aliphatic heterocycles.